The molecule has 2 N–H and O–H groups in total. The monoisotopic (exact) mass is 275 g/mol. The molecule has 0 fully saturated rings. The Morgan fingerprint density at radius 2 is 1.90 bits per heavy atom. The van der Waals surface area contributed by atoms with Crippen molar-refractivity contribution in [2.45, 2.75) is 39.2 Å². The average Bonchev–Trinajstić information content (AvgIpc) is 2.80. The van der Waals surface area contributed by atoms with Crippen LogP contribution in [0.15, 0.2) is 24.3 Å². The van der Waals surface area contributed by atoms with Crippen molar-refractivity contribution in [1.29, 1.82) is 0 Å². The highest BCUT2D eigenvalue weighted by Crippen LogP contribution is 2.27. The molecule has 20 heavy (non-hydrogen) atoms. The Balaban J connectivity index is 1.57. The van der Waals surface area contributed by atoms with Gasteiger partial charge in [-0.25, -0.2) is 0 Å². The van der Waals surface area contributed by atoms with Crippen molar-refractivity contribution in [3.8, 4) is 0 Å². The van der Waals surface area contributed by atoms with Crippen LogP contribution in [0, 0.1) is 0 Å². The maximum atomic E-state index is 3.52. The van der Waals surface area contributed by atoms with Crippen LogP contribution >= 0.6 is 0 Å². The molecule has 0 atom stereocenters. The van der Waals surface area contributed by atoms with Gasteiger partial charge < -0.3 is 15.5 Å². The normalized spacial score (nSPS) is 14.7. The van der Waals surface area contributed by atoms with E-state index in [4.69, 9.17) is 0 Å². The fraction of sp³-hybridized carbons (Fsp3) is 0.647. The Bertz CT molecular complexity index is 409. The summed E-state index contributed by atoms with van der Waals surface area (Å²) in [7, 11) is 0. The molecule has 3 heteroatoms. The van der Waals surface area contributed by atoms with E-state index in [1.807, 2.05) is 0 Å². The summed E-state index contributed by atoms with van der Waals surface area (Å²) >= 11 is 0. The van der Waals surface area contributed by atoms with E-state index in [2.05, 4.69) is 60.6 Å². The molecule has 1 heterocycles. The molecular weight excluding hydrogens is 246 g/mol. The number of benzene rings is 1. The van der Waals surface area contributed by atoms with Crippen LogP contribution in [0.1, 0.15) is 32.8 Å². The van der Waals surface area contributed by atoms with Gasteiger partial charge in [0, 0.05) is 37.4 Å². The summed E-state index contributed by atoms with van der Waals surface area (Å²) in [5, 5.41) is 7.01. The van der Waals surface area contributed by atoms with Crippen LogP contribution in [-0.4, -0.2) is 38.3 Å². The fourth-order valence-corrected chi connectivity index (χ4v) is 2.68. The van der Waals surface area contributed by atoms with Gasteiger partial charge in [-0.1, -0.05) is 18.2 Å². The number of para-hydroxylation sites is 1. The zero-order valence-corrected chi connectivity index (χ0v) is 13.2. The average molecular weight is 275 g/mol. The van der Waals surface area contributed by atoms with E-state index in [-0.39, 0.29) is 5.54 Å². The zero-order valence-electron chi connectivity index (χ0n) is 13.2. The number of nitrogens with zero attached hydrogens (tertiary/aromatic N) is 1. The summed E-state index contributed by atoms with van der Waals surface area (Å²) in [6.07, 6.45) is 2.42. The van der Waals surface area contributed by atoms with Gasteiger partial charge in [-0.2, -0.15) is 0 Å². The lowest BCUT2D eigenvalue weighted by Gasteiger charge is -2.21. The van der Waals surface area contributed by atoms with Gasteiger partial charge in [0.15, 0.2) is 0 Å². The Labute approximate surface area is 123 Å². The standard InChI is InChI=1S/C17H29N3/c1-17(2,3)19-12-11-18-10-6-13-20-14-9-15-7-4-5-8-16(15)20/h4-5,7-8,18-19H,6,9-14H2,1-3H3. The van der Waals surface area contributed by atoms with E-state index < -0.39 is 0 Å². The van der Waals surface area contributed by atoms with Crippen molar-refractivity contribution in [1.82, 2.24) is 10.6 Å². The largest absolute Gasteiger partial charge is 0.371 e. The lowest BCUT2D eigenvalue weighted by molar-refractivity contribution is 0.421. The summed E-state index contributed by atoms with van der Waals surface area (Å²) in [6, 6.07) is 8.80. The molecule has 0 spiro atoms. The second kappa shape index (κ2) is 7.09. The van der Waals surface area contributed by atoms with Gasteiger partial charge in [-0.15, -0.1) is 0 Å². The van der Waals surface area contributed by atoms with Crippen LogP contribution in [0.2, 0.25) is 0 Å². The van der Waals surface area contributed by atoms with Crippen molar-refractivity contribution in [3.63, 3.8) is 0 Å². The number of hydrogen-bond acceptors (Lipinski definition) is 3. The summed E-state index contributed by atoms with van der Waals surface area (Å²) in [6.45, 7) is 12.2. The highest BCUT2D eigenvalue weighted by molar-refractivity contribution is 5.57. The van der Waals surface area contributed by atoms with Gasteiger partial charge in [0.1, 0.15) is 0 Å². The number of nitrogens with one attached hydrogen (secondary N) is 2. The predicted molar refractivity (Wildman–Crippen MR) is 87.6 cm³/mol. The first-order valence-electron chi connectivity index (χ1n) is 7.85. The molecule has 1 aromatic rings. The first kappa shape index (κ1) is 15.3. The molecule has 0 saturated heterocycles. The second-order valence-corrected chi connectivity index (χ2v) is 6.65. The minimum absolute atomic E-state index is 0.223. The maximum Gasteiger partial charge on any atom is 0.0399 e. The van der Waals surface area contributed by atoms with E-state index in [1.54, 1.807) is 0 Å². The van der Waals surface area contributed by atoms with Crippen LogP contribution in [0.25, 0.3) is 0 Å². The minimum Gasteiger partial charge on any atom is -0.371 e. The fourth-order valence-electron chi connectivity index (χ4n) is 2.68. The smallest absolute Gasteiger partial charge is 0.0399 e. The van der Waals surface area contributed by atoms with Gasteiger partial charge in [0.25, 0.3) is 0 Å². The first-order valence-corrected chi connectivity index (χ1v) is 7.85. The van der Waals surface area contributed by atoms with Gasteiger partial charge >= 0.3 is 0 Å². The van der Waals surface area contributed by atoms with E-state index in [1.165, 1.54) is 30.6 Å². The van der Waals surface area contributed by atoms with Crippen LogP contribution in [-0.2, 0) is 6.42 Å². The Kier molecular flexibility index (Phi) is 5.44. The third kappa shape index (κ3) is 4.80. The molecule has 112 valence electrons. The summed E-state index contributed by atoms with van der Waals surface area (Å²) < 4.78 is 0. The SMILES string of the molecule is CC(C)(C)NCCNCCCN1CCc2ccccc21. The van der Waals surface area contributed by atoms with Crippen molar-refractivity contribution >= 4 is 5.69 Å². The van der Waals surface area contributed by atoms with Gasteiger partial charge in [0.2, 0.25) is 0 Å². The zero-order chi connectivity index (χ0) is 14.4. The molecule has 1 aliphatic heterocycles. The number of fused-ring (bicyclic) bond motifs is 1. The predicted octanol–water partition coefficient (Wildman–Crippen LogP) is 2.42. The highest BCUT2D eigenvalue weighted by Gasteiger charge is 2.17. The highest BCUT2D eigenvalue weighted by atomic mass is 15.1. The molecule has 0 aliphatic carbocycles. The van der Waals surface area contributed by atoms with E-state index in [0.717, 1.165) is 26.2 Å². The first-order chi connectivity index (χ1) is 9.56. The molecule has 0 aromatic heterocycles. The lowest BCUT2D eigenvalue weighted by atomic mass is 10.1. The quantitative estimate of drug-likeness (QED) is 0.748. The van der Waals surface area contributed by atoms with Crippen molar-refractivity contribution in [2.24, 2.45) is 0 Å². The van der Waals surface area contributed by atoms with Crippen LogP contribution in [0.5, 0.6) is 0 Å². The Morgan fingerprint density at radius 3 is 2.70 bits per heavy atom. The van der Waals surface area contributed by atoms with Crippen molar-refractivity contribution in [3.05, 3.63) is 29.8 Å². The molecule has 0 saturated carbocycles. The van der Waals surface area contributed by atoms with E-state index in [9.17, 15) is 0 Å². The third-order valence-electron chi connectivity index (χ3n) is 3.72. The minimum atomic E-state index is 0.223. The molecular formula is C17H29N3. The maximum absolute atomic E-state index is 3.52. The van der Waals surface area contributed by atoms with Crippen LogP contribution in [0.3, 0.4) is 0 Å². The number of anilines is 1. The van der Waals surface area contributed by atoms with Gasteiger partial charge in [-0.05, 0) is 51.8 Å². The second-order valence-electron chi connectivity index (χ2n) is 6.65. The summed E-state index contributed by atoms with van der Waals surface area (Å²) in [4.78, 5) is 2.52. The molecule has 0 amide bonds. The van der Waals surface area contributed by atoms with E-state index >= 15 is 0 Å². The molecule has 1 aliphatic rings. The van der Waals surface area contributed by atoms with Crippen LogP contribution < -0.4 is 15.5 Å². The Hall–Kier alpha value is -1.06. The topological polar surface area (TPSA) is 27.3 Å². The lowest BCUT2D eigenvalue weighted by Crippen LogP contribution is -2.40. The van der Waals surface area contributed by atoms with Gasteiger partial charge in [-0.3, -0.25) is 0 Å². The molecule has 3 nitrogen and oxygen atoms in total. The Morgan fingerprint density at radius 1 is 1.10 bits per heavy atom. The molecule has 0 bridgehead atoms. The summed E-state index contributed by atoms with van der Waals surface area (Å²) in [5.41, 5.74) is 3.18. The van der Waals surface area contributed by atoms with Crippen molar-refractivity contribution < 1.29 is 0 Å². The molecule has 1 aromatic carbocycles. The third-order valence-corrected chi connectivity index (χ3v) is 3.72. The summed E-state index contributed by atoms with van der Waals surface area (Å²) in [5.74, 6) is 0. The number of rotatable bonds is 7. The van der Waals surface area contributed by atoms with E-state index in [0.29, 0.717) is 0 Å². The van der Waals surface area contributed by atoms with Crippen molar-refractivity contribution in [2.75, 3.05) is 37.6 Å². The van der Waals surface area contributed by atoms with Crippen LogP contribution in [0.4, 0.5) is 5.69 Å². The molecule has 2 rings (SSSR count). The number of hydrogen-bond donors (Lipinski definition) is 2. The van der Waals surface area contributed by atoms with Gasteiger partial charge in [0.05, 0.1) is 0 Å². The molecule has 0 unspecified atom stereocenters. The molecule has 0 radical (unpaired) electrons.